The molecule has 1 saturated carbocycles. The lowest BCUT2D eigenvalue weighted by molar-refractivity contribution is -0.110. The van der Waals surface area contributed by atoms with Gasteiger partial charge in [0.15, 0.2) is 17.3 Å². The van der Waals surface area contributed by atoms with Crippen molar-refractivity contribution in [2.24, 2.45) is 0 Å². The number of hydrogen-bond donors (Lipinski definition) is 1. The van der Waals surface area contributed by atoms with Crippen LogP contribution in [0.5, 0.6) is 23.0 Å². The van der Waals surface area contributed by atoms with E-state index in [1.807, 2.05) is 13.8 Å². The van der Waals surface area contributed by atoms with Crippen molar-refractivity contribution >= 4 is 33.3 Å². The molecule has 39 heavy (non-hydrogen) atoms. The number of phenolic OH excluding ortho intramolecular Hbond substituents is 1. The topological polar surface area (TPSA) is 101 Å². The standard InChI is InChI=1S/C30H31BrO8/c1-14-10-22(17(4)27(34)24(14)18(5)32)38-29(19-8-9-19)25-15(2)16(3)28(26(31)30(25)36-7)39-23-12-20(33)11-21(35-6)13-37-23/h10-12,34H,8-9,13H2,1-7H3. The minimum absolute atomic E-state index is 0.0328. The van der Waals surface area contributed by atoms with Crippen molar-refractivity contribution < 1.29 is 38.4 Å². The summed E-state index contributed by atoms with van der Waals surface area (Å²) in [6, 6.07) is 1.77. The summed E-state index contributed by atoms with van der Waals surface area (Å²) >= 11 is 3.64. The number of carbonyl (C=O) groups excluding carboxylic acids is 2. The zero-order chi connectivity index (χ0) is 28.6. The van der Waals surface area contributed by atoms with Gasteiger partial charge in [-0.3, -0.25) is 9.59 Å². The first-order valence-electron chi connectivity index (χ1n) is 12.4. The molecule has 1 fully saturated rings. The number of allylic oxidation sites excluding steroid dienone is 3. The number of phenols is 1. The summed E-state index contributed by atoms with van der Waals surface area (Å²) in [5, 5.41) is 10.8. The minimum Gasteiger partial charge on any atom is -0.507 e. The molecule has 9 heteroatoms. The first kappa shape index (κ1) is 28.3. The van der Waals surface area contributed by atoms with Crippen molar-refractivity contribution in [3.63, 3.8) is 0 Å². The second kappa shape index (κ2) is 11.2. The van der Waals surface area contributed by atoms with Crippen LogP contribution in [0.2, 0.25) is 0 Å². The van der Waals surface area contributed by atoms with E-state index >= 15 is 0 Å². The van der Waals surface area contributed by atoms with Crippen LogP contribution in [-0.4, -0.2) is 37.5 Å². The van der Waals surface area contributed by atoms with Crippen LogP contribution in [0.25, 0.3) is 5.76 Å². The van der Waals surface area contributed by atoms with Gasteiger partial charge in [-0.2, -0.15) is 0 Å². The van der Waals surface area contributed by atoms with Gasteiger partial charge in [0, 0.05) is 11.6 Å². The Hall–Kier alpha value is -3.72. The van der Waals surface area contributed by atoms with Crippen LogP contribution in [0, 0.1) is 27.7 Å². The van der Waals surface area contributed by atoms with Crippen LogP contribution >= 0.6 is 15.9 Å². The maximum Gasteiger partial charge on any atom is 0.289 e. The summed E-state index contributed by atoms with van der Waals surface area (Å²) in [4.78, 5) is 24.3. The number of ether oxygens (including phenoxy) is 5. The summed E-state index contributed by atoms with van der Waals surface area (Å²) in [5.74, 6) is 1.82. The molecule has 0 atom stereocenters. The molecular formula is C30H31BrO8. The van der Waals surface area contributed by atoms with Gasteiger partial charge in [0.25, 0.3) is 5.95 Å². The molecular weight excluding hydrogens is 568 g/mol. The molecule has 0 spiro atoms. The van der Waals surface area contributed by atoms with Gasteiger partial charge in [-0.05, 0) is 91.7 Å². The van der Waals surface area contributed by atoms with Crippen molar-refractivity contribution in [2.75, 3.05) is 20.8 Å². The van der Waals surface area contributed by atoms with Crippen molar-refractivity contribution in [3.8, 4) is 23.0 Å². The number of aromatic hydroxyl groups is 1. The van der Waals surface area contributed by atoms with E-state index < -0.39 is 0 Å². The Morgan fingerprint density at radius 3 is 2.26 bits per heavy atom. The van der Waals surface area contributed by atoms with Gasteiger partial charge in [0.2, 0.25) is 0 Å². The molecule has 0 aromatic heterocycles. The fourth-order valence-electron chi connectivity index (χ4n) is 4.43. The zero-order valence-corrected chi connectivity index (χ0v) is 24.6. The molecule has 2 aliphatic rings. The molecule has 0 bridgehead atoms. The number of methoxy groups -OCH3 is 2. The van der Waals surface area contributed by atoms with Crippen LogP contribution < -0.4 is 14.2 Å². The molecule has 2 aromatic rings. The molecule has 0 unspecified atom stereocenters. The zero-order valence-electron chi connectivity index (χ0n) is 23.0. The van der Waals surface area contributed by atoms with E-state index in [0.717, 1.165) is 35.1 Å². The molecule has 0 amide bonds. The van der Waals surface area contributed by atoms with Gasteiger partial charge in [-0.25, -0.2) is 0 Å². The highest BCUT2D eigenvalue weighted by atomic mass is 79.9. The van der Waals surface area contributed by atoms with Crippen molar-refractivity contribution in [1.82, 2.24) is 0 Å². The van der Waals surface area contributed by atoms with Crippen molar-refractivity contribution in [2.45, 2.75) is 47.5 Å². The van der Waals surface area contributed by atoms with Crippen molar-refractivity contribution in [3.05, 3.63) is 73.3 Å². The van der Waals surface area contributed by atoms with Crippen LogP contribution in [0.15, 0.2) is 40.0 Å². The average Bonchev–Trinajstić information content (AvgIpc) is 3.73. The quantitative estimate of drug-likeness (QED) is 0.270. The molecule has 2 aromatic carbocycles. The third-order valence-electron chi connectivity index (χ3n) is 6.81. The fourth-order valence-corrected chi connectivity index (χ4v) is 5.17. The summed E-state index contributed by atoms with van der Waals surface area (Å²) in [6.07, 6.45) is 4.33. The maximum atomic E-state index is 12.3. The Labute approximate surface area is 236 Å². The molecule has 0 radical (unpaired) electrons. The van der Waals surface area contributed by atoms with Crippen LogP contribution in [0.4, 0.5) is 0 Å². The van der Waals surface area contributed by atoms with Gasteiger partial charge in [0.1, 0.15) is 39.8 Å². The third-order valence-corrected chi connectivity index (χ3v) is 7.53. The molecule has 206 valence electrons. The molecule has 1 aliphatic carbocycles. The number of Topliss-reactive ketones (excluding diaryl/α,β-unsaturated/α-hetero) is 1. The van der Waals surface area contributed by atoms with Crippen molar-refractivity contribution in [1.29, 1.82) is 0 Å². The first-order chi connectivity index (χ1) is 18.5. The Balaban J connectivity index is 1.78. The minimum atomic E-state index is -0.313. The molecule has 1 N–H and O–H groups in total. The second-order valence-electron chi connectivity index (χ2n) is 9.50. The van der Waals surface area contributed by atoms with E-state index in [-0.39, 0.29) is 35.4 Å². The normalized spacial score (nSPS) is 14.6. The molecule has 4 rings (SSSR count). The van der Waals surface area contributed by atoms with Gasteiger partial charge >= 0.3 is 0 Å². The number of ketones is 2. The maximum absolute atomic E-state index is 12.3. The third kappa shape index (κ3) is 5.54. The van der Waals surface area contributed by atoms with E-state index in [4.69, 9.17) is 23.7 Å². The lowest BCUT2D eigenvalue weighted by Gasteiger charge is -2.23. The molecule has 8 nitrogen and oxygen atoms in total. The van der Waals surface area contributed by atoms with Gasteiger partial charge in [0.05, 0.1) is 31.4 Å². The number of aryl methyl sites for hydroxylation is 1. The SMILES string of the molecule is COC1=CC(=O)C=C(Oc2c(C)c(C)c(C(Oc3cc(C)c(C(C)=O)c(O)c3C)=C3CC3)c(OC)c2Br)OC1. The number of halogens is 1. The van der Waals surface area contributed by atoms with Gasteiger partial charge < -0.3 is 28.8 Å². The molecule has 0 saturated heterocycles. The van der Waals surface area contributed by atoms with Gasteiger partial charge in [-0.15, -0.1) is 0 Å². The summed E-state index contributed by atoms with van der Waals surface area (Å²) in [6.45, 7) is 8.80. The lowest BCUT2D eigenvalue weighted by atomic mass is 9.98. The first-order valence-corrected chi connectivity index (χ1v) is 13.2. The highest BCUT2D eigenvalue weighted by Gasteiger charge is 2.31. The lowest BCUT2D eigenvalue weighted by Crippen LogP contribution is -2.09. The Bertz CT molecular complexity index is 1470. The molecule has 1 heterocycles. The van der Waals surface area contributed by atoms with Crippen LogP contribution in [0.1, 0.15) is 57.9 Å². The van der Waals surface area contributed by atoms with E-state index in [1.54, 1.807) is 27.0 Å². The van der Waals surface area contributed by atoms with E-state index in [9.17, 15) is 14.7 Å². The van der Waals surface area contributed by atoms with E-state index in [2.05, 4.69) is 15.9 Å². The Morgan fingerprint density at radius 2 is 1.67 bits per heavy atom. The number of benzene rings is 2. The predicted octanol–water partition coefficient (Wildman–Crippen LogP) is 6.53. The smallest absolute Gasteiger partial charge is 0.289 e. The highest BCUT2D eigenvalue weighted by molar-refractivity contribution is 9.10. The van der Waals surface area contributed by atoms with E-state index in [1.165, 1.54) is 26.2 Å². The summed E-state index contributed by atoms with van der Waals surface area (Å²) < 4.78 is 29.8. The van der Waals surface area contributed by atoms with Gasteiger partial charge in [-0.1, -0.05) is 0 Å². The monoisotopic (exact) mass is 598 g/mol. The predicted molar refractivity (Wildman–Crippen MR) is 149 cm³/mol. The fraction of sp³-hybridized carbons (Fsp3) is 0.333. The highest BCUT2D eigenvalue weighted by Crippen LogP contribution is 2.50. The number of carbonyl (C=O) groups is 2. The number of hydrogen-bond acceptors (Lipinski definition) is 8. The van der Waals surface area contributed by atoms with Crippen LogP contribution in [-0.2, 0) is 14.3 Å². The second-order valence-corrected chi connectivity index (χ2v) is 10.3. The summed E-state index contributed by atoms with van der Waals surface area (Å²) in [5.41, 5.74) is 4.85. The Morgan fingerprint density at radius 1 is 0.974 bits per heavy atom. The van der Waals surface area contributed by atoms with E-state index in [0.29, 0.717) is 44.4 Å². The number of rotatable bonds is 8. The average molecular weight is 599 g/mol. The van der Waals surface area contributed by atoms with Crippen LogP contribution in [0.3, 0.4) is 0 Å². The largest absolute Gasteiger partial charge is 0.507 e. The molecule has 1 aliphatic heterocycles. The Kier molecular flexibility index (Phi) is 8.11. The summed E-state index contributed by atoms with van der Waals surface area (Å²) in [7, 11) is 3.03.